The van der Waals surface area contributed by atoms with E-state index in [2.05, 4.69) is 0 Å². The maximum Gasteiger partial charge on any atom is 0.304 e. The van der Waals surface area contributed by atoms with Gasteiger partial charge in [0.15, 0.2) is 40.8 Å². The van der Waals surface area contributed by atoms with Gasteiger partial charge in [0.05, 0.1) is 46.1 Å². The van der Waals surface area contributed by atoms with Crippen molar-refractivity contribution in [2.75, 3.05) is 0 Å². The molecule has 0 saturated carbocycles. The summed E-state index contributed by atoms with van der Waals surface area (Å²) in [6, 6.07) is 30.1. The van der Waals surface area contributed by atoms with Crippen molar-refractivity contribution in [1.29, 1.82) is 0 Å². The molecule has 6 aromatic carbocycles. The third-order valence-electron chi connectivity index (χ3n) is 14.3. The fourth-order valence-corrected chi connectivity index (χ4v) is 20.0. The first-order valence-corrected chi connectivity index (χ1v) is 26.9. The highest BCUT2D eigenvalue weighted by Crippen LogP contribution is 2.64. The Balaban J connectivity index is 1.15. The smallest absolute Gasteiger partial charge is 0.218 e. The summed E-state index contributed by atoms with van der Waals surface area (Å²) < 4.78 is 127. The number of sulfonamides is 1. The van der Waals surface area contributed by atoms with E-state index in [-0.39, 0.29) is 119 Å². The number of nitrogens with zero attached hydrogens (tertiary/aromatic N) is 8. The van der Waals surface area contributed by atoms with E-state index in [1.165, 1.54) is 0 Å². The first-order chi connectivity index (χ1) is 32.7. The van der Waals surface area contributed by atoms with Gasteiger partial charge < -0.3 is 0 Å². The van der Waals surface area contributed by atoms with E-state index in [0.717, 1.165) is 0 Å². The number of benzene rings is 6. The van der Waals surface area contributed by atoms with Crippen molar-refractivity contribution in [3.8, 4) is 0 Å². The number of sulfone groups is 3. The van der Waals surface area contributed by atoms with Crippen LogP contribution in [0.2, 0.25) is 0 Å². The molecule has 0 amide bonds. The standard InChI is InChI=1S/C48H18N8O8S4/c57-65(58)35-21-11-3-1-9-19(21)17-27-29(35)44-50-41(27)49-42-28-18-20-10-2-4-12-22(20)36(65)30(28)46(52-42)56-47-32-31(37-23-13-5-6-14-24(23)38(32)66(37,59)60)43(53-47)51-45-33-34(48(54-44,55-45)68(56,63)64)40-26-16-8-7-15-25(26)39(33)67(40,61)62/h1-18H/b49-42?,51-43?,54-44-. The van der Waals surface area contributed by atoms with Crippen LogP contribution >= 0.6 is 0 Å². The van der Waals surface area contributed by atoms with E-state index in [1.807, 2.05) is 0 Å². The van der Waals surface area contributed by atoms with E-state index in [1.54, 1.807) is 109 Å². The second-order valence-corrected chi connectivity index (χ2v) is 24.9. The summed E-state index contributed by atoms with van der Waals surface area (Å²) in [5, 5.41) is 1.48. The zero-order valence-corrected chi connectivity index (χ0v) is 37.1. The van der Waals surface area contributed by atoms with Gasteiger partial charge in [0.2, 0.25) is 29.5 Å². The third-order valence-corrected chi connectivity index (χ3v) is 22.0. The van der Waals surface area contributed by atoms with Crippen molar-refractivity contribution in [1.82, 2.24) is 4.31 Å². The van der Waals surface area contributed by atoms with E-state index in [0.29, 0.717) is 26.2 Å². The van der Waals surface area contributed by atoms with Crippen LogP contribution in [0.3, 0.4) is 0 Å². The van der Waals surface area contributed by atoms with E-state index < -0.39 is 62.0 Å². The molecule has 0 N–H and O–H groups in total. The molecule has 20 heteroatoms. The average Bonchev–Trinajstić information content (AvgIpc) is 4.17. The topological polar surface area (TPSA) is 226 Å². The predicted molar refractivity (Wildman–Crippen MR) is 254 cm³/mol. The fourth-order valence-electron chi connectivity index (χ4n) is 11.8. The summed E-state index contributed by atoms with van der Waals surface area (Å²) in [5.41, 5.74) is 0.627. The van der Waals surface area contributed by atoms with Crippen molar-refractivity contribution in [2.24, 2.45) is 34.9 Å². The van der Waals surface area contributed by atoms with Crippen LogP contribution in [-0.2, 0) is 39.5 Å². The van der Waals surface area contributed by atoms with Crippen LogP contribution in [-0.4, -0.2) is 83.8 Å². The quantitative estimate of drug-likeness (QED) is 0.188. The Bertz CT molecular complexity index is 4780. The van der Waals surface area contributed by atoms with Crippen LogP contribution in [0.5, 0.6) is 0 Å². The predicted octanol–water partition coefficient (Wildman–Crippen LogP) is 5.52. The molecule has 322 valence electrons. The van der Waals surface area contributed by atoms with Crippen molar-refractivity contribution in [2.45, 2.75) is 14.8 Å². The normalized spacial score (nSPS) is 25.4. The molecule has 0 saturated heterocycles. The van der Waals surface area contributed by atoms with Gasteiger partial charge in [-0.1, -0.05) is 97.1 Å². The number of rotatable bonds is 0. The fraction of sp³-hybridized carbons (Fsp3) is 0.0208. The molecule has 12 aliphatic heterocycles. The van der Waals surface area contributed by atoms with Gasteiger partial charge in [-0.05, 0) is 22.9 Å². The monoisotopic (exact) mass is 962 g/mol. The van der Waals surface area contributed by atoms with Gasteiger partial charge in [-0.15, -0.1) is 0 Å². The lowest BCUT2D eigenvalue weighted by atomic mass is 9.91. The van der Waals surface area contributed by atoms with Crippen LogP contribution in [0.15, 0.2) is 176 Å². The molecule has 1 unspecified atom stereocenters. The first-order valence-electron chi connectivity index (χ1n) is 21.0. The summed E-state index contributed by atoms with van der Waals surface area (Å²) in [5.74, 6) is -2.18. The van der Waals surface area contributed by atoms with Crippen LogP contribution in [0, 0.1) is 0 Å². The summed E-state index contributed by atoms with van der Waals surface area (Å²) in [4.78, 5) is 30.1. The van der Waals surface area contributed by atoms with Crippen LogP contribution in [0.1, 0.15) is 44.5 Å². The minimum absolute atomic E-state index is 0.0191. The Morgan fingerprint density at radius 1 is 0.397 bits per heavy atom. The molecule has 0 aromatic heterocycles. The molecule has 16 nitrogen and oxygen atoms in total. The molecule has 68 heavy (non-hydrogen) atoms. The highest BCUT2D eigenvalue weighted by Gasteiger charge is 2.68. The minimum Gasteiger partial charge on any atom is -0.218 e. The molecular weight excluding hydrogens is 945 g/mol. The highest BCUT2D eigenvalue weighted by atomic mass is 32.2. The number of aliphatic imine (C=N–C) groups is 7. The van der Waals surface area contributed by atoms with Crippen LogP contribution < -0.4 is 0 Å². The first kappa shape index (κ1) is 36.2. The van der Waals surface area contributed by atoms with Gasteiger partial charge in [0, 0.05) is 60.9 Å². The SMILES string of the molecule is O=S1(=O)C2=C3C4=NC5=NC6(/N=C7\N=C8N=C9N=C(c%10c9cc9ccccc9c%10S(=O)(=O)c9c7c8cc7ccccc97)N(C(=N4)C3=C1c1ccccc12)S6(=O)=O)C1=C2c3ccccc3C(=C51)S2(=O)=O. The summed E-state index contributed by atoms with van der Waals surface area (Å²) >= 11 is 0. The summed E-state index contributed by atoms with van der Waals surface area (Å²) in [6.07, 6.45) is 0. The zero-order chi connectivity index (χ0) is 45.5. The second kappa shape index (κ2) is 10.6. The highest BCUT2D eigenvalue weighted by molar-refractivity contribution is 8.10. The third kappa shape index (κ3) is 3.55. The molecule has 19 bridgehead atoms. The van der Waals surface area contributed by atoms with Crippen molar-refractivity contribution >= 4 is 122 Å². The van der Waals surface area contributed by atoms with Gasteiger partial charge >= 0.3 is 4.99 Å². The van der Waals surface area contributed by atoms with Crippen molar-refractivity contribution in [3.63, 3.8) is 0 Å². The molecule has 0 radical (unpaired) electrons. The van der Waals surface area contributed by atoms with E-state index in [4.69, 9.17) is 34.9 Å². The van der Waals surface area contributed by atoms with E-state index in [9.17, 15) is 8.42 Å². The van der Waals surface area contributed by atoms with Crippen molar-refractivity contribution < 1.29 is 33.7 Å². The largest absolute Gasteiger partial charge is 0.304 e. The maximum atomic E-state index is 17.2. The lowest BCUT2D eigenvalue weighted by Crippen LogP contribution is -2.52. The van der Waals surface area contributed by atoms with Gasteiger partial charge in [-0.3, -0.25) is 0 Å². The molecule has 12 heterocycles. The molecule has 0 fully saturated rings. The van der Waals surface area contributed by atoms with Gasteiger partial charge in [-0.2, -0.15) is 4.31 Å². The maximum absolute atomic E-state index is 17.2. The number of amidine groups is 7. The molecular formula is C48H18N8O8S4. The number of fused-ring (bicyclic) bond motifs is 18. The lowest BCUT2D eigenvalue weighted by molar-refractivity contribution is 0.533. The lowest BCUT2D eigenvalue weighted by Gasteiger charge is -2.33. The second-order valence-electron chi connectivity index (χ2n) is 17.5. The van der Waals surface area contributed by atoms with Crippen LogP contribution in [0.25, 0.3) is 41.2 Å². The van der Waals surface area contributed by atoms with Gasteiger partial charge in [0.25, 0.3) is 10.0 Å². The molecule has 12 aliphatic rings. The summed E-state index contributed by atoms with van der Waals surface area (Å²) in [6.45, 7) is 0. The molecule has 0 aliphatic carbocycles. The molecule has 18 rings (SSSR count). The van der Waals surface area contributed by atoms with Crippen molar-refractivity contribution in [3.05, 3.63) is 176 Å². The zero-order valence-electron chi connectivity index (χ0n) is 33.9. The van der Waals surface area contributed by atoms with E-state index >= 15 is 25.3 Å². The van der Waals surface area contributed by atoms with Gasteiger partial charge in [-0.25, -0.2) is 68.6 Å². The van der Waals surface area contributed by atoms with Gasteiger partial charge in [0.1, 0.15) is 0 Å². The number of hydrogen-bond donors (Lipinski definition) is 0. The molecule has 1 spiro atoms. The minimum atomic E-state index is -5.60. The Morgan fingerprint density at radius 2 is 0.868 bits per heavy atom. The summed E-state index contributed by atoms with van der Waals surface area (Å²) in [7, 11) is -19.3. The number of hydrogen-bond acceptors (Lipinski definition) is 15. The molecule has 6 aromatic rings. The average molecular weight is 963 g/mol. The van der Waals surface area contributed by atoms with Crippen LogP contribution in [0.4, 0.5) is 0 Å². The Kier molecular flexibility index (Phi) is 5.65. The Hall–Kier alpha value is -7.91. The Morgan fingerprint density at radius 3 is 1.53 bits per heavy atom. The Labute approximate surface area is 383 Å². The molecule has 1 atom stereocenters.